The van der Waals surface area contributed by atoms with Crippen molar-refractivity contribution in [2.24, 2.45) is 0 Å². The molecule has 0 amide bonds. The highest BCUT2D eigenvalue weighted by Crippen LogP contribution is 2.26. The van der Waals surface area contributed by atoms with Gasteiger partial charge < -0.3 is 15.2 Å². The molecular weight excluding hydrogens is 216 g/mol. The third-order valence-electron chi connectivity index (χ3n) is 2.48. The number of hydrogen-bond acceptors (Lipinski definition) is 5. The lowest BCUT2D eigenvalue weighted by Gasteiger charge is -2.04. The average Bonchev–Trinajstić information content (AvgIpc) is 2.69. The molecule has 0 atom stereocenters. The van der Waals surface area contributed by atoms with Crippen molar-refractivity contribution in [3.8, 4) is 11.5 Å². The van der Waals surface area contributed by atoms with Crippen LogP contribution < -0.4 is 5.73 Å². The first-order valence-electron chi connectivity index (χ1n) is 5.40. The van der Waals surface area contributed by atoms with Gasteiger partial charge in [-0.05, 0) is 32.6 Å². The molecule has 1 aromatic heterocycles. The number of rotatable bonds is 3. The molecule has 0 saturated carbocycles. The van der Waals surface area contributed by atoms with E-state index in [-0.39, 0.29) is 0 Å². The van der Waals surface area contributed by atoms with Gasteiger partial charge in [0.15, 0.2) is 5.82 Å². The van der Waals surface area contributed by atoms with E-state index in [1.54, 1.807) is 0 Å². The van der Waals surface area contributed by atoms with Gasteiger partial charge in [0.1, 0.15) is 0 Å². The Kier molecular flexibility index (Phi) is 3.10. The Morgan fingerprint density at radius 2 is 2.12 bits per heavy atom. The standard InChI is InChI=1S/C12H16N4O/c1-8-5-4-6-9(11(8)13)12-14-10(15-17-12)7-16(2)3/h4-6H,7,13H2,1-3H3. The van der Waals surface area contributed by atoms with E-state index in [1.165, 1.54) is 0 Å². The van der Waals surface area contributed by atoms with Gasteiger partial charge in [-0.3, -0.25) is 0 Å². The highest BCUT2D eigenvalue weighted by molar-refractivity contribution is 5.72. The molecule has 0 fully saturated rings. The molecular formula is C12H16N4O. The molecule has 2 rings (SSSR count). The average molecular weight is 232 g/mol. The monoisotopic (exact) mass is 232 g/mol. The normalized spacial score (nSPS) is 11.1. The van der Waals surface area contributed by atoms with Gasteiger partial charge in [0.25, 0.3) is 5.89 Å². The van der Waals surface area contributed by atoms with Crippen LogP contribution in [0.15, 0.2) is 22.7 Å². The van der Waals surface area contributed by atoms with Crippen LogP contribution >= 0.6 is 0 Å². The molecule has 0 unspecified atom stereocenters. The zero-order valence-corrected chi connectivity index (χ0v) is 10.3. The molecule has 0 aliphatic rings. The van der Waals surface area contributed by atoms with Crippen molar-refractivity contribution in [3.63, 3.8) is 0 Å². The Morgan fingerprint density at radius 1 is 1.35 bits per heavy atom. The van der Waals surface area contributed by atoms with E-state index in [4.69, 9.17) is 10.3 Å². The SMILES string of the molecule is Cc1cccc(-c2nc(CN(C)C)no2)c1N. The molecule has 0 bridgehead atoms. The third-order valence-corrected chi connectivity index (χ3v) is 2.48. The molecule has 1 heterocycles. The van der Waals surface area contributed by atoms with Gasteiger partial charge in [0, 0.05) is 5.69 Å². The van der Waals surface area contributed by atoms with Crippen molar-refractivity contribution in [1.82, 2.24) is 15.0 Å². The summed E-state index contributed by atoms with van der Waals surface area (Å²) >= 11 is 0. The molecule has 5 nitrogen and oxygen atoms in total. The summed E-state index contributed by atoms with van der Waals surface area (Å²) in [5, 5.41) is 3.92. The van der Waals surface area contributed by atoms with E-state index in [2.05, 4.69) is 10.1 Å². The number of benzene rings is 1. The molecule has 1 aromatic carbocycles. The van der Waals surface area contributed by atoms with Crippen LogP contribution in [0.3, 0.4) is 0 Å². The number of nitrogens with zero attached hydrogens (tertiary/aromatic N) is 3. The van der Waals surface area contributed by atoms with Crippen molar-refractivity contribution in [1.29, 1.82) is 0 Å². The number of para-hydroxylation sites is 1. The first-order chi connectivity index (χ1) is 8.08. The van der Waals surface area contributed by atoms with Gasteiger partial charge in [0.2, 0.25) is 0 Å². The first kappa shape index (κ1) is 11.6. The fraction of sp³-hybridized carbons (Fsp3) is 0.333. The van der Waals surface area contributed by atoms with E-state index in [1.807, 2.05) is 44.1 Å². The van der Waals surface area contributed by atoms with E-state index in [9.17, 15) is 0 Å². The Hall–Kier alpha value is -1.88. The van der Waals surface area contributed by atoms with Gasteiger partial charge in [-0.15, -0.1) is 0 Å². The number of nitrogen functional groups attached to an aromatic ring is 1. The zero-order chi connectivity index (χ0) is 12.4. The van der Waals surface area contributed by atoms with Crippen LogP contribution in [0, 0.1) is 6.92 Å². The van der Waals surface area contributed by atoms with Crippen molar-refractivity contribution in [3.05, 3.63) is 29.6 Å². The first-order valence-corrected chi connectivity index (χ1v) is 5.40. The van der Waals surface area contributed by atoms with Crippen LogP contribution in [-0.4, -0.2) is 29.1 Å². The number of nitrogens with two attached hydrogens (primary N) is 1. The highest BCUT2D eigenvalue weighted by atomic mass is 16.5. The number of anilines is 1. The zero-order valence-electron chi connectivity index (χ0n) is 10.3. The number of aryl methyl sites for hydroxylation is 1. The maximum absolute atomic E-state index is 5.99. The maximum Gasteiger partial charge on any atom is 0.260 e. The maximum atomic E-state index is 5.99. The van der Waals surface area contributed by atoms with E-state index in [0.717, 1.165) is 11.1 Å². The van der Waals surface area contributed by atoms with Crippen LogP contribution in [0.4, 0.5) is 5.69 Å². The topological polar surface area (TPSA) is 68.2 Å². The van der Waals surface area contributed by atoms with Crippen LogP contribution in [0.25, 0.3) is 11.5 Å². The summed E-state index contributed by atoms with van der Waals surface area (Å²) < 4.78 is 5.22. The van der Waals surface area contributed by atoms with Crippen molar-refractivity contribution in [2.45, 2.75) is 13.5 Å². The molecule has 5 heteroatoms. The largest absolute Gasteiger partial charge is 0.398 e. The Morgan fingerprint density at radius 3 is 2.82 bits per heavy atom. The van der Waals surface area contributed by atoms with Gasteiger partial charge in [-0.2, -0.15) is 4.98 Å². The summed E-state index contributed by atoms with van der Waals surface area (Å²) in [7, 11) is 3.91. The quantitative estimate of drug-likeness (QED) is 0.815. The summed E-state index contributed by atoms with van der Waals surface area (Å²) in [4.78, 5) is 6.30. The van der Waals surface area contributed by atoms with Crippen LogP contribution in [0.5, 0.6) is 0 Å². The van der Waals surface area contributed by atoms with Gasteiger partial charge >= 0.3 is 0 Å². The van der Waals surface area contributed by atoms with Crippen molar-refractivity contribution in [2.75, 3.05) is 19.8 Å². The minimum Gasteiger partial charge on any atom is -0.398 e. The molecule has 2 aromatic rings. The summed E-state index contributed by atoms with van der Waals surface area (Å²) in [5.74, 6) is 1.13. The lowest BCUT2D eigenvalue weighted by atomic mass is 10.1. The predicted octanol–water partition coefficient (Wildman–Crippen LogP) is 1.69. The lowest BCUT2D eigenvalue weighted by molar-refractivity contribution is 0.365. The molecule has 0 spiro atoms. The van der Waals surface area contributed by atoms with Gasteiger partial charge in [-0.1, -0.05) is 17.3 Å². The predicted molar refractivity (Wildman–Crippen MR) is 66.3 cm³/mol. The molecule has 0 radical (unpaired) electrons. The summed E-state index contributed by atoms with van der Waals surface area (Å²) in [6.45, 7) is 2.60. The van der Waals surface area contributed by atoms with Crippen LogP contribution in [0.2, 0.25) is 0 Å². The molecule has 17 heavy (non-hydrogen) atoms. The van der Waals surface area contributed by atoms with Gasteiger partial charge in [-0.25, -0.2) is 0 Å². The minimum absolute atomic E-state index is 0.475. The molecule has 0 aliphatic heterocycles. The van der Waals surface area contributed by atoms with Crippen molar-refractivity contribution >= 4 is 5.69 Å². The molecule has 2 N–H and O–H groups in total. The molecule has 0 aliphatic carbocycles. The smallest absolute Gasteiger partial charge is 0.260 e. The minimum atomic E-state index is 0.475. The summed E-state index contributed by atoms with van der Waals surface area (Å²) in [6, 6.07) is 5.77. The molecule has 0 saturated heterocycles. The van der Waals surface area contributed by atoms with Crippen LogP contribution in [-0.2, 0) is 6.54 Å². The summed E-state index contributed by atoms with van der Waals surface area (Å²) in [6.07, 6.45) is 0. The summed E-state index contributed by atoms with van der Waals surface area (Å²) in [5.41, 5.74) is 8.48. The second kappa shape index (κ2) is 4.55. The van der Waals surface area contributed by atoms with Crippen molar-refractivity contribution < 1.29 is 4.52 Å². The number of aromatic nitrogens is 2. The third kappa shape index (κ3) is 2.45. The second-order valence-electron chi connectivity index (χ2n) is 4.29. The lowest BCUT2D eigenvalue weighted by Crippen LogP contribution is -2.11. The van der Waals surface area contributed by atoms with E-state index >= 15 is 0 Å². The van der Waals surface area contributed by atoms with Gasteiger partial charge in [0.05, 0.1) is 12.1 Å². The highest BCUT2D eigenvalue weighted by Gasteiger charge is 2.12. The Balaban J connectivity index is 2.34. The number of hydrogen-bond donors (Lipinski definition) is 1. The van der Waals surface area contributed by atoms with E-state index < -0.39 is 0 Å². The second-order valence-corrected chi connectivity index (χ2v) is 4.29. The molecule has 90 valence electrons. The fourth-order valence-corrected chi connectivity index (χ4v) is 1.58. The Bertz CT molecular complexity index is 519. The van der Waals surface area contributed by atoms with E-state index in [0.29, 0.717) is 23.9 Å². The van der Waals surface area contributed by atoms with Crippen LogP contribution in [0.1, 0.15) is 11.4 Å². The Labute approximate surface area is 100 Å². The fourth-order valence-electron chi connectivity index (χ4n) is 1.58.